The number of nitrogens with zero attached hydrogens (tertiary/aromatic N) is 3. The zero-order valence-electron chi connectivity index (χ0n) is 23.7. The molecule has 0 radical (unpaired) electrons. The van der Waals surface area contributed by atoms with E-state index in [0.717, 1.165) is 43.4 Å². The van der Waals surface area contributed by atoms with Crippen LogP contribution >= 0.6 is 11.6 Å². The van der Waals surface area contributed by atoms with Gasteiger partial charge in [0.15, 0.2) is 11.8 Å². The molecule has 11 heteroatoms. The number of H-pyrrole nitrogens is 1. The number of halogens is 2. The molecule has 2 aromatic carbocycles. The van der Waals surface area contributed by atoms with Gasteiger partial charge >= 0.3 is 5.69 Å². The summed E-state index contributed by atoms with van der Waals surface area (Å²) in [4.78, 5) is 24.4. The van der Waals surface area contributed by atoms with Crippen LogP contribution in [-0.4, -0.2) is 39.1 Å². The molecule has 0 bridgehead atoms. The van der Waals surface area contributed by atoms with E-state index in [9.17, 15) is 4.79 Å². The third-order valence-electron chi connectivity index (χ3n) is 6.98. The Balaban J connectivity index is 1.48. The van der Waals surface area contributed by atoms with Gasteiger partial charge in [-0.25, -0.2) is 14.2 Å². The summed E-state index contributed by atoms with van der Waals surface area (Å²) in [6, 6.07) is 12.9. The number of benzene rings is 2. The summed E-state index contributed by atoms with van der Waals surface area (Å²) in [7, 11) is 0. The molecule has 8 N–H and O–H groups in total. The lowest BCUT2D eigenvalue weighted by molar-refractivity contribution is 0.566. The Morgan fingerprint density at radius 1 is 1.21 bits per heavy atom. The maximum absolute atomic E-state index is 15.1. The topological polar surface area (TPSA) is 153 Å². The van der Waals surface area contributed by atoms with Crippen molar-refractivity contribution in [3.63, 3.8) is 0 Å². The van der Waals surface area contributed by atoms with Gasteiger partial charge in [0.25, 0.3) is 0 Å². The van der Waals surface area contributed by atoms with E-state index in [2.05, 4.69) is 26.9 Å². The lowest BCUT2D eigenvalue weighted by Crippen LogP contribution is -2.27. The second kappa shape index (κ2) is 14.3. The van der Waals surface area contributed by atoms with Crippen molar-refractivity contribution in [1.29, 1.82) is 0 Å². The Morgan fingerprint density at radius 2 is 1.98 bits per heavy atom. The average molecular weight is 593 g/mol. The number of aromatic nitrogens is 3. The lowest BCUT2D eigenvalue weighted by Gasteiger charge is -2.12. The van der Waals surface area contributed by atoms with Gasteiger partial charge < -0.3 is 27.5 Å². The fraction of sp³-hybridized carbons (Fsp3) is 0.323. The van der Waals surface area contributed by atoms with Crippen molar-refractivity contribution in [2.45, 2.75) is 57.7 Å². The molecule has 0 spiro atoms. The monoisotopic (exact) mass is 592 g/mol. The summed E-state index contributed by atoms with van der Waals surface area (Å²) in [6.07, 6.45) is 7.45. The second-order valence-electron chi connectivity index (χ2n) is 10.6. The van der Waals surface area contributed by atoms with Crippen molar-refractivity contribution in [2.75, 3.05) is 6.54 Å². The van der Waals surface area contributed by atoms with E-state index in [1.807, 2.05) is 31.2 Å². The number of hydrogen-bond donors (Lipinski definition) is 5. The maximum atomic E-state index is 15.1. The molecule has 222 valence electrons. The van der Waals surface area contributed by atoms with Gasteiger partial charge in [0.2, 0.25) is 0 Å². The van der Waals surface area contributed by atoms with Crippen LogP contribution in [-0.2, 0) is 13.0 Å². The highest BCUT2D eigenvalue weighted by Crippen LogP contribution is 2.31. The van der Waals surface area contributed by atoms with E-state index in [0.29, 0.717) is 40.9 Å². The van der Waals surface area contributed by atoms with Crippen LogP contribution in [0.2, 0.25) is 5.02 Å². The Morgan fingerprint density at radius 3 is 2.67 bits per heavy atom. The van der Waals surface area contributed by atoms with Crippen LogP contribution in [0.25, 0.3) is 28.0 Å². The molecular weight excluding hydrogens is 555 g/mol. The number of rotatable bonds is 14. The normalized spacial score (nSPS) is 12.8. The fourth-order valence-electron chi connectivity index (χ4n) is 4.85. The van der Waals surface area contributed by atoms with Crippen molar-refractivity contribution in [3.05, 3.63) is 93.8 Å². The molecule has 4 aromatic rings. The molecule has 0 aliphatic carbocycles. The third kappa shape index (κ3) is 8.06. The van der Waals surface area contributed by atoms with Crippen molar-refractivity contribution >= 4 is 28.6 Å². The van der Waals surface area contributed by atoms with Crippen LogP contribution in [0.4, 0.5) is 4.39 Å². The molecule has 42 heavy (non-hydrogen) atoms. The standard InChI is InChI=1S/C31H38ClFN8O/c1-3-5-23(38-30(35)36)12-13-37-17-20-8-10-24(11-9-20)41-18-22-16-27(39-29(22)40-31(41)42)25-14-21(7-4-6-19(2)34)15-26(32)28(25)33/h3,8-11,14-16,18-19,23,37H,1,4-7,12-13,17,34H2,2H3,(H4,35,36,38)(H,39,40,42)/t19-,23+/m0/s1. The molecule has 0 aliphatic heterocycles. The lowest BCUT2D eigenvalue weighted by atomic mass is 10.0. The van der Waals surface area contributed by atoms with Gasteiger partial charge in [0.05, 0.1) is 22.4 Å². The summed E-state index contributed by atoms with van der Waals surface area (Å²) in [5.41, 5.74) is 20.3. The van der Waals surface area contributed by atoms with E-state index in [4.69, 9.17) is 28.8 Å². The molecule has 2 atom stereocenters. The summed E-state index contributed by atoms with van der Waals surface area (Å²) in [5, 5.41) is 4.11. The Kier molecular flexibility index (Phi) is 10.5. The second-order valence-corrected chi connectivity index (χ2v) is 11.0. The highest BCUT2D eigenvalue weighted by Gasteiger charge is 2.16. The molecule has 0 fully saturated rings. The summed E-state index contributed by atoms with van der Waals surface area (Å²) in [6.45, 7) is 7.09. The van der Waals surface area contributed by atoms with Crippen molar-refractivity contribution in [2.24, 2.45) is 22.2 Å². The van der Waals surface area contributed by atoms with Gasteiger partial charge in [-0.2, -0.15) is 4.98 Å². The van der Waals surface area contributed by atoms with Crippen molar-refractivity contribution < 1.29 is 4.39 Å². The van der Waals surface area contributed by atoms with Gasteiger partial charge in [-0.3, -0.25) is 4.57 Å². The highest BCUT2D eigenvalue weighted by molar-refractivity contribution is 6.31. The minimum absolute atomic E-state index is 0.00621. The zero-order valence-corrected chi connectivity index (χ0v) is 24.5. The van der Waals surface area contributed by atoms with E-state index in [1.165, 1.54) is 4.57 Å². The number of aliphatic imine (C=N–C) groups is 1. The molecule has 0 saturated heterocycles. The first-order valence-electron chi connectivity index (χ1n) is 14.0. The van der Waals surface area contributed by atoms with Crippen molar-refractivity contribution in [1.82, 2.24) is 19.9 Å². The molecule has 9 nitrogen and oxygen atoms in total. The van der Waals surface area contributed by atoms with Gasteiger partial charge in [0, 0.05) is 29.7 Å². The van der Waals surface area contributed by atoms with Gasteiger partial charge in [-0.15, -0.1) is 6.58 Å². The highest BCUT2D eigenvalue weighted by atomic mass is 35.5. The Bertz CT molecular complexity index is 1610. The average Bonchev–Trinajstić information content (AvgIpc) is 3.35. The first-order valence-corrected chi connectivity index (χ1v) is 14.4. The predicted molar refractivity (Wildman–Crippen MR) is 169 cm³/mol. The molecule has 0 unspecified atom stereocenters. The molecule has 0 amide bonds. The summed E-state index contributed by atoms with van der Waals surface area (Å²) in [5.74, 6) is -0.447. The van der Waals surface area contributed by atoms with Crippen LogP contribution in [0.15, 0.2) is 71.1 Å². The van der Waals surface area contributed by atoms with E-state index < -0.39 is 11.5 Å². The number of aromatic amines is 1. The minimum atomic E-state index is -0.522. The minimum Gasteiger partial charge on any atom is -0.370 e. The molecule has 0 aliphatic rings. The summed E-state index contributed by atoms with van der Waals surface area (Å²) >= 11 is 6.23. The number of hydrogen-bond acceptors (Lipinski definition) is 5. The van der Waals surface area contributed by atoms with Crippen LogP contribution < -0.4 is 28.2 Å². The van der Waals surface area contributed by atoms with E-state index >= 15 is 4.39 Å². The summed E-state index contributed by atoms with van der Waals surface area (Å²) < 4.78 is 16.5. The largest absolute Gasteiger partial charge is 0.370 e. The zero-order chi connectivity index (χ0) is 30.2. The van der Waals surface area contributed by atoms with E-state index in [-0.39, 0.29) is 23.1 Å². The number of guanidine groups is 1. The van der Waals surface area contributed by atoms with E-state index in [1.54, 1.807) is 30.5 Å². The number of nitrogens with two attached hydrogens (primary N) is 3. The number of nitrogens with one attached hydrogen (secondary N) is 2. The SMILES string of the molecule is C=CC[C@H](CCNCc1ccc(-n2cc3cc(-c4cc(CCC[C@H](C)N)cc(Cl)c4F)[nH]c3nc2=O)cc1)N=C(N)N. The van der Waals surface area contributed by atoms with Crippen molar-refractivity contribution in [3.8, 4) is 16.9 Å². The smallest absolute Gasteiger partial charge is 0.354 e. The van der Waals surface area contributed by atoms with Crippen LogP contribution in [0, 0.1) is 5.82 Å². The molecule has 2 aromatic heterocycles. The Labute approximate surface area is 249 Å². The van der Waals surface area contributed by atoms with Gasteiger partial charge in [0.1, 0.15) is 5.65 Å². The number of fused-ring (bicyclic) bond motifs is 1. The first-order chi connectivity index (χ1) is 20.1. The van der Waals surface area contributed by atoms with Crippen LogP contribution in [0.5, 0.6) is 0 Å². The van der Waals surface area contributed by atoms with Gasteiger partial charge in [-0.05, 0) is 87.0 Å². The fourth-order valence-corrected chi connectivity index (χ4v) is 5.09. The van der Waals surface area contributed by atoms with Crippen LogP contribution in [0.1, 0.15) is 43.7 Å². The first kappa shape index (κ1) is 31.0. The Hall–Kier alpha value is -3.99. The molecular formula is C31H38ClFN8O. The maximum Gasteiger partial charge on any atom is 0.354 e. The molecule has 2 heterocycles. The molecule has 4 rings (SSSR count). The van der Waals surface area contributed by atoms with Crippen LogP contribution in [0.3, 0.4) is 0 Å². The quantitative estimate of drug-likeness (QED) is 0.0627. The predicted octanol–water partition coefficient (Wildman–Crippen LogP) is 4.54. The molecule has 0 saturated carbocycles. The number of aryl methyl sites for hydroxylation is 1. The third-order valence-corrected chi connectivity index (χ3v) is 7.25. The van der Waals surface area contributed by atoms with Gasteiger partial charge in [-0.1, -0.05) is 29.8 Å².